The van der Waals surface area contributed by atoms with E-state index in [4.69, 9.17) is 0 Å². The predicted octanol–water partition coefficient (Wildman–Crippen LogP) is 3.37. The van der Waals surface area contributed by atoms with E-state index >= 15 is 0 Å². The molecule has 2 aromatic rings. The van der Waals surface area contributed by atoms with Crippen molar-refractivity contribution >= 4 is 11.7 Å². The molecule has 1 saturated heterocycles. The van der Waals surface area contributed by atoms with Crippen LogP contribution < -0.4 is 0 Å². The minimum atomic E-state index is -0.654. The van der Waals surface area contributed by atoms with Crippen LogP contribution in [0.4, 0.5) is 4.39 Å². The Morgan fingerprint density at radius 3 is 2.41 bits per heavy atom. The van der Waals surface area contributed by atoms with Gasteiger partial charge in [-0.3, -0.25) is 14.5 Å². The molecule has 4 nitrogen and oxygen atoms in total. The number of halogens is 1. The van der Waals surface area contributed by atoms with Crippen molar-refractivity contribution in [3.63, 3.8) is 0 Å². The third-order valence-electron chi connectivity index (χ3n) is 5.94. The van der Waals surface area contributed by atoms with Gasteiger partial charge >= 0.3 is 0 Å². The third kappa shape index (κ3) is 2.86. The fraction of sp³-hybridized carbons (Fsp3) is 0.364. The molecular weight excluding hydrogens is 343 g/mol. The summed E-state index contributed by atoms with van der Waals surface area (Å²) in [6, 6.07) is 13.4. The molecule has 1 fully saturated rings. The van der Waals surface area contributed by atoms with E-state index in [-0.39, 0.29) is 23.5 Å². The van der Waals surface area contributed by atoms with Gasteiger partial charge in [-0.25, -0.2) is 4.39 Å². The number of benzene rings is 2. The van der Waals surface area contributed by atoms with Crippen molar-refractivity contribution in [1.82, 2.24) is 9.80 Å². The Morgan fingerprint density at radius 2 is 1.74 bits per heavy atom. The summed E-state index contributed by atoms with van der Waals surface area (Å²) in [5.74, 6) is -0.292. The highest BCUT2D eigenvalue weighted by Crippen LogP contribution is 2.41. The summed E-state index contributed by atoms with van der Waals surface area (Å²) in [4.78, 5) is 30.6. The van der Waals surface area contributed by atoms with Crippen LogP contribution in [0.5, 0.6) is 0 Å². The molecule has 0 unspecified atom stereocenters. The van der Waals surface area contributed by atoms with Crippen LogP contribution in [0.2, 0.25) is 0 Å². The molecule has 1 amide bonds. The zero-order valence-corrected chi connectivity index (χ0v) is 15.6. The van der Waals surface area contributed by atoms with Crippen LogP contribution in [0.25, 0.3) is 0 Å². The monoisotopic (exact) mass is 366 g/mol. The average Bonchev–Trinajstić information content (AvgIpc) is 2.98. The number of rotatable bonds is 3. The number of likely N-dealkylation sites (N-methyl/N-ethyl adjacent to an activating group) is 1. The number of ketones is 1. The Labute approximate surface area is 158 Å². The first kappa shape index (κ1) is 17.9. The largest absolute Gasteiger partial charge is 0.334 e. The van der Waals surface area contributed by atoms with E-state index in [1.54, 1.807) is 24.3 Å². The van der Waals surface area contributed by atoms with Gasteiger partial charge in [-0.15, -0.1) is 0 Å². The maximum atomic E-state index is 13.4. The first-order chi connectivity index (χ1) is 12.9. The molecule has 0 bridgehead atoms. The summed E-state index contributed by atoms with van der Waals surface area (Å²) >= 11 is 0. The van der Waals surface area contributed by atoms with Crippen molar-refractivity contribution in [1.29, 1.82) is 0 Å². The highest BCUT2D eigenvalue weighted by molar-refractivity contribution is 6.12. The van der Waals surface area contributed by atoms with Crippen molar-refractivity contribution in [2.45, 2.75) is 26.4 Å². The normalized spacial score (nSPS) is 25.3. The molecule has 0 spiro atoms. The number of carbonyl (C=O) groups is 2. The van der Waals surface area contributed by atoms with Gasteiger partial charge in [-0.1, -0.05) is 30.3 Å². The van der Waals surface area contributed by atoms with Crippen molar-refractivity contribution in [3.05, 3.63) is 71.0 Å². The van der Waals surface area contributed by atoms with Gasteiger partial charge < -0.3 is 4.90 Å². The molecule has 2 aromatic carbocycles. The number of likely N-dealkylation sites (tertiary alicyclic amines) is 1. The number of Topliss-reactive ketones (excluding diaryl/α,β-unsaturated/α-hetero) is 1. The Bertz CT molecular complexity index is 895. The third-order valence-corrected chi connectivity index (χ3v) is 5.94. The van der Waals surface area contributed by atoms with Crippen LogP contribution in [0, 0.1) is 11.2 Å². The van der Waals surface area contributed by atoms with Gasteiger partial charge in [0.1, 0.15) is 5.82 Å². The molecule has 0 saturated carbocycles. The Morgan fingerprint density at radius 1 is 1.07 bits per heavy atom. The number of hydrogen-bond acceptors (Lipinski definition) is 3. The van der Waals surface area contributed by atoms with Crippen LogP contribution in [0.1, 0.15) is 40.1 Å². The van der Waals surface area contributed by atoms with Gasteiger partial charge in [-0.2, -0.15) is 0 Å². The molecule has 5 heteroatoms. The highest BCUT2D eigenvalue weighted by atomic mass is 19.1. The van der Waals surface area contributed by atoms with Crippen LogP contribution in [0.15, 0.2) is 48.5 Å². The predicted molar refractivity (Wildman–Crippen MR) is 101 cm³/mol. The zero-order chi connectivity index (χ0) is 19.2. The van der Waals surface area contributed by atoms with Crippen molar-refractivity contribution < 1.29 is 14.0 Å². The minimum Gasteiger partial charge on any atom is -0.334 e. The van der Waals surface area contributed by atoms with Gasteiger partial charge in [0.15, 0.2) is 5.78 Å². The highest BCUT2D eigenvalue weighted by Gasteiger charge is 2.54. The fourth-order valence-corrected chi connectivity index (χ4v) is 4.55. The number of fused-ring (bicyclic) bond motifs is 2. The first-order valence-corrected chi connectivity index (χ1v) is 9.35. The van der Waals surface area contributed by atoms with Gasteiger partial charge in [0.2, 0.25) is 0 Å². The summed E-state index contributed by atoms with van der Waals surface area (Å²) in [5.41, 5.74) is 1.37. The first-order valence-electron chi connectivity index (χ1n) is 9.35. The lowest BCUT2D eigenvalue weighted by molar-refractivity contribution is 0.0560. The van der Waals surface area contributed by atoms with E-state index in [0.29, 0.717) is 37.3 Å². The second kappa shape index (κ2) is 6.57. The quantitative estimate of drug-likeness (QED) is 0.836. The van der Waals surface area contributed by atoms with Crippen LogP contribution in [-0.2, 0) is 6.54 Å². The maximum absolute atomic E-state index is 13.4. The summed E-state index contributed by atoms with van der Waals surface area (Å²) in [6.45, 7) is 6.33. The molecule has 4 rings (SSSR count). The number of nitrogens with zero attached hydrogens (tertiary/aromatic N) is 2. The molecule has 0 aliphatic carbocycles. The second-order valence-corrected chi connectivity index (χ2v) is 7.70. The Hall–Kier alpha value is -2.53. The number of carbonyl (C=O) groups excluding carboxylic acids is 2. The Balaban J connectivity index is 1.69. The summed E-state index contributed by atoms with van der Waals surface area (Å²) in [5, 5.41) is 0. The fourth-order valence-electron chi connectivity index (χ4n) is 4.55. The van der Waals surface area contributed by atoms with E-state index in [0.717, 1.165) is 5.56 Å². The molecule has 140 valence electrons. The lowest BCUT2D eigenvalue weighted by atomic mass is 9.78. The summed E-state index contributed by atoms with van der Waals surface area (Å²) < 4.78 is 13.2. The van der Waals surface area contributed by atoms with Gasteiger partial charge in [0.25, 0.3) is 5.91 Å². The van der Waals surface area contributed by atoms with Gasteiger partial charge in [0, 0.05) is 31.7 Å². The molecule has 2 aliphatic rings. The average molecular weight is 366 g/mol. The second-order valence-electron chi connectivity index (χ2n) is 7.70. The van der Waals surface area contributed by atoms with E-state index in [1.165, 1.54) is 12.1 Å². The molecule has 2 atom stereocenters. The summed E-state index contributed by atoms with van der Waals surface area (Å²) in [6.07, 6.45) is 0. The van der Waals surface area contributed by atoms with Crippen LogP contribution >= 0.6 is 0 Å². The van der Waals surface area contributed by atoms with E-state index in [1.807, 2.05) is 30.9 Å². The van der Waals surface area contributed by atoms with Gasteiger partial charge in [-0.05, 0) is 37.6 Å². The van der Waals surface area contributed by atoms with Gasteiger partial charge in [0.05, 0.1) is 17.0 Å². The topological polar surface area (TPSA) is 40.6 Å². The summed E-state index contributed by atoms with van der Waals surface area (Å²) in [7, 11) is 0. The van der Waals surface area contributed by atoms with Crippen molar-refractivity contribution in [2.75, 3.05) is 19.6 Å². The van der Waals surface area contributed by atoms with E-state index in [9.17, 15) is 14.0 Å². The standard InChI is InChI=1S/C22H23FN2O2/c1-3-25-19-13-24(12-15-8-10-16(23)11-9-15)14-22(19,2)20(26)17-6-4-5-7-18(17)21(25)27/h4-11,19H,3,12-14H2,1-2H3/t19-,22+/m1/s1. The number of hydrogen-bond donors (Lipinski definition) is 0. The minimum absolute atomic E-state index is 0.0361. The zero-order valence-electron chi connectivity index (χ0n) is 15.6. The van der Waals surface area contributed by atoms with Crippen LogP contribution in [0.3, 0.4) is 0 Å². The van der Waals surface area contributed by atoms with Crippen LogP contribution in [-0.4, -0.2) is 47.2 Å². The molecule has 2 aliphatic heterocycles. The smallest absolute Gasteiger partial charge is 0.254 e. The SMILES string of the molecule is CCN1C(=O)c2ccccc2C(=O)[C@@]2(C)CN(Cc3ccc(F)cc3)C[C@@H]12. The lowest BCUT2D eigenvalue weighted by Gasteiger charge is -2.34. The lowest BCUT2D eigenvalue weighted by Crippen LogP contribution is -2.49. The van der Waals surface area contributed by atoms with E-state index < -0.39 is 5.41 Å². The maximum Gasteiger partial charge on any atom is 0.254 e. The number of amides is 1. The Kier molecular flexibility index (Phi) is 4.35. The van der Waals surface area contributed by atoms with Crippen molar-refractivity contribution in [2.24, 2.45) is 5.41 Å². The molecule has 0 N–H and O–H groups in total. The molecule has 2 heterocycles. The molecular formula is C22H23FN2O2. The molecule has 0 radical (unpaired) electrons. The van der Waals surface area contributed by atoms with Crippen molar-refractivity contribution in [3.8, 4) is 0 Å². The van der Waals surface area contributed by atoms with E-state index in [2.05, 4.69) is 4.90 Å². The molecule has 0 aromatic heterocycles. The molecule has 27 heavy (non-hydrogen) atoms.